The van der Waals surface area contributed by atoms with E-state index in [0.29, 0.717) is 26.9 Å². The van der Waals surface area contributed by atoms with Crippen molar-refractivity contribution in [1.82, 2.24) is 24.6 Å². The molecule has 7 nitrogen and oxygen atoms in total. The van der Waals surface area contributed by atoms with Gasteiger partial charge in [-0.2, -0.15) is 5.10 Å². The molecular formula is C22H19ClFN5O2S. The molecule has 0 radical (unpaired) electrons. The molecule has 0 saturated carbocycles. The molecule has 0 aliphatic heterocycles. The number of hydrogen-bond acceptors (Lipinski definition) is 5. The SMILES string of the molecule is C[C@H](c1ccc(F)cc1)N(C)C(=O)CSc1nc2c(cnn2-c2cccc(Cl)c2)c(=O)[nH]1. The minimum atomic E-state index is -0.341. The first-order chi connectivity index (χ1) is 15.3. The van der Waals surface area contributed by atoms with E-state index in [1.807, 2.05) is 13.0 Å². The Kier molecular flexibility index (Phi) is 6.29. The predicted octanol–water partition coefficient (Wildman–Crippen LogP) is 4.21. The van der Waals surface area contributed by atoms with Crippen LogP contribution in [-0.4, -0.2) is 43.4 Å². The van der Waals surface area contributed by atoms with Gasteiger partial charge in [0.05, 0.1) is 23.7 Å². The van der Waals surface area contributed by atoms with Gasteiger partial charge < -0.3 is 9.88 Å². The number of thioether (sulfide) groups is 1. The summed E-state index contributed by atoms with van der Waals surface area (Å²) >= 11 is 7.20. The molecule has 1 atom stereocenters. The second-order valence-electron chi connectivity index (χ2n) is 7.17. The smallest absolute Gasteiger partial charge is 0.262 e. The fraction of sp³-hybridized carbons (Fsp3) is 0.182. The molecule has 10 heteroatoms. The van der Waals surface area contributed by atoms with Gasteiger partial charge in [-0.1, -0.05) is 41.6 Å². The van der Waals surface area contributed by atoms with Crippen molar-refractivity contribution in [1.29, 1.82) is 0 Å². The Labute approximate surface area is 192 Å². The number of carbonyl (C=O) groups excluding carboxylic acids is 1. The molecule has 0 aliphatic rings. The zero-order valence-electron chi connectivity index (χ0n) is 17.3. The molecule has 0 spiro atoms. The maximum Gasteiger partial charge on any atom is 0.262 e. The summed E-state index contributed by atoms with van der Waals surface area (Å²) in [6, 6.07) is 12.9. The third-order valence-corrected chi connectivity index (χ3v) is 6.22. The molecule has 2 aromatic heterocycles. The van der Waals surface area contributed by atoms with Gasteiger partial charge in [-0.25, -0.2) is 14.1 Å². The molecule has 32 heavy (non-hydrogen) atoms. The maximum absolute atomic E-state index is 13.2. The van der Waals surface area contributed by atoms with Crippen molar-refractivity contribution in [3.8, 4) is 5.69 Å². The van der Waals surface area contributed by atoms with Crippen LogP contribution in [0.5, 0.6) is 0 Å². The number of nitrogens with one attached hydrogen (secondary N) is 1. The van der Waals surface area contributed by atoms with Gasteiger partial charge in [0.1, 0.15) is 11.2 Å². The number of H-pyrrole nitrogens is 1. The highest BCUT2D eigenvalue weighted by atomic mass is 35.5. The van der Waals surface area contributed by atoms with Crippen molar-refractivity contribution in [2.45, 2.75) is 18.1 Å². The first kappa shape index (κ1) is 22.0. The minimum absolute atomic E-state index is 0.0712. The fourth-order valence-electron chi connectivity index (χ4n) is 3.18. The Hall–Kier alpha value is -3.17. The monoisotopic (exact) mass is 471 g/mol. The normalized spacial score (nSPS) is 12.1. The lowest BCUT2D eigenvalue weighted by Gasteiger charge is -2.25. The van der Waals surface area contributed by atoms with E-state index in [4.69, 9.17) is 11.6 Å². The Morgan fingerprint density at radius 3 is 2.75 bits per heavy atom. The summed E-state index contributed by atoms with van der Waals surface area (Å²) in [4.78, 5) is 34.0. The lowest BCUT2D eigenvalue weighted by molar-refractivity contribution is -0.128. The van der Waals surface area contributed by atoms with Crippen LogP contribution in [0, 0.1) is 5.82 Å². The predicted molar refractivity (Wildman–Crippen MR) is 123 cm³/mol. The van der Waals surface area contributed by atoms with Crippen molar-refractivity contribution < 1.29 is 9.18 Å². The van der Waals surface area contributed by atoms with Gasteiger partial charge in [0, 0.05) is 12.1 Å². The largest absolute Gasteiger partial charge is 0.338 e. The zero-order chi connectivity index (χ0) is 22.8. The van der Waals surface area contributed by atoms with Gasteiger partial charge in [0.2, 0.25) is 5.91 Å². The lowest BCUT2D eigenvalue weighted by atomic mass is 10.1. The molecular weight excluding hydrogens is 453 g/mol. The average molecular weight is 472 g/mol. The third-order valence-electron chi connectivity index (χ3n) is 5.13. The van der Waals surface area contributed by atoms with Crippen molar-refractivity contribution in [3.63, 3.8) is 0 Å². The summed E-state index contributed by atoms with van der Waals surface area (Å²) in [6.45, 7) is 1.87. The number of fused-ring (bicyclic) bond motifs is 1. The number of nitrogens with zero attached hydrogens (tertiary/aromatic N) is 4. The highest BCUT2D eigenvalue weighted by molar-refractivity contribution is 7.99. The third kappa shape index (κ3) is 4.53. The topological polar surface area (TPSA) is 83.9 Å². The van der Waals surface area contributed by atoms with Crippen LogP contribution in [0.2, 0.25) is 5.02 Å². The Morgan fingerprint density at radius 2 is 2.03 bits per heavy atom. The summed E-state index contributed by atoms with van der Waals surface area (Å²) < 4.78 is 14.7. The van der Waals surface area contributed by atoms with E-state index in [1.54, 1.807) is 42.3 Å². The van der Waals surface area contributed by atoms with E-state index >= 15 is 0 Å². The van der Waals surface area contributed by atoms with Crippen molar-refractivity contribution in [2.24, 2.45) is 0 Å². The van der Waals surface area contributed by atoms with Gasteiger partial charge in [0.15, 0.2) is 10.8 Å². The van der Waals surface area contributed by atoms with Crippen LogP contribution in [0.1, 0.15) is 18.5 Å². The Morgan fingerprint density at radius 1 is 1.28 bits per heavy atom. The second kappa shape index (κ2) is 9.13. The molecule has 0 unspecified atom stereocenters. The van der Waals surface area contributed by atoms with Gasteiger partial charge in [-0.05, 0) is 42.8 Å². The van der Waals surface area contributed by atoms with E-state index < -0.39 is 0 Å². The summed E-state index contributed by atoms with van der Waals surface area (Å²) in [6.07, 6.45) is 1.44. The summed E-state index contributed by atoms with van der Waals surface area (Å²) in [5.74, 6) is -0.409. The molecule has 4 rings (SSSR count). The summed E-state index contributed by atoms with van der Waals surface area (Å²) in [5, 5.41) is 5.44. The van der Waals surface area contributed by atoms with Gasteiger partial charge >= 0.3 is 0 Å². The second-order valence-corrected chi connectivity index (χ2v) is 8.57. The molecule has 4 aromatic rings. The number of benzene rings is 2. The quantitative estimate of drug-likeness (QED) is 0.336. The molecule has 0 fully saturated rings. The van der Waals surface area contributed by atoms with E-state index in [0.717, 1.165) is 17.3 Å². The number of aromatic nitrogens is 4. The minimum Gasteiger partial charge on any atom is -0.338 e. The lowest BCUT2D eigenvalue weighted by Crippen LogP contribution is -2.31. The molecule has 1 amide bonds. The van der Waals surface area contributed by atoms with E-state index in [2.05, 4.69) is 15.1 Å². The average Bonchev–Trinajstić information content (AvgIpc) is 3.21. The molecule has 0 bridgehead atoms. The van der Waals surface area contributed by atoms with E-state index in [1.165, 1.54) is 23.0 Å². The van der Waals surface area contributed by atoms with Crippen LogP contribution in [0.25, 0.3) is 16.7 Å². The number of halogens is 2. The van der Waals surface area contributed by atoms with Crippen molar-refractivity contribution >= 4 is 40.3 Å². The van der Waals surface area contributed by atoms with Crippen LogP contribution in [0.3, 0.4) is 0 Å². The summed E-state index contributed by atoms with van der Waals surface area (Å²) in [5.41, 5.74) is 1.53. The maximum atomic E-state index is 13.2. The highest BCUT2D eigenvalue weighted by Crippen LogP contribution is 2.23. The van der Waals surface area contributed by atoms with Crippen LogP contribution < -0.4 is 5.56 Å². The number of hydrogen-bond donors (Lipinski definition) is 1. The number of amides is 1. The first-order valence-electron chi connectivity index (χ1n) is 9.71. The van der Waals surface area contributed by atoms with Crippen LogP contribution in [-0.2, 0) is 4.79 Å². The summed E-state index contributed by atoms with van der Waals surface area (Å²) in [7, 11) is 1.69. The van der Waals surface area contributed by atoms with Crippen LogP contribution in [0.4, 0.5) is 4.39 Å². The zero-order valence-corrected chi connectivity index (χ0v) is 18.8. The number of carbonyl (C=O) groups is 1. The van der Waals surface area contributed by atoms with Gasteiger partial charge in [-0.3, -0.25) is 9.59 Å². The van der Waals surface area contributed by atoms with E-state index in [-0.39, 0.29) is 29.1 Å². The highest BCUT2D eigenvalue weighted by Gasteiger charge is 2.19. The Balaban J connectivity index is 1.53. The fourth-order valence-corrected chi connectivity index (χ4v) is 4.14. The molecule has 2 heterocycles. The molecule has 0 aliphatic carbocycles. The first-order valence-corrected chi connectivity index (χ1v) is 11.1. The van der Waals surface area contributed by atoms with Gasteiger partial charge in [0.25, 0.3) is 5.56 Å². The molecule has 164 valence electrons. The van der Waals surface area contributed by atoms with Gasteiger partial charge in [-0.15, -0.1) is 0 Å². The molecule has 2 aromatic carbocycles. The van der Waals surface area contributed by atoms with E-state index in [9.17, 15) is 14.0 Å². The van der Waals surface area contributed by atoms with Crippen molar-refractivity contribution in [3.05, 3.63) is 81.5 Å². The Bertz CT molecular complexity index is 1340. The van der Waals surface area contributed by atoms with Crippen LogP contribution in [0.15, 0.2) is 64.7 Å². The molecule has 0 saturated heterocycles. The van der Waals surface area contributed by atoms with Crippen molar-refractivity contribution in [2.75, 3.05) is 12.8 Å². The standard InChI is InChI=1S/C22H19ClFN5O2S/c1-13(14-6-8-16(24)9-7-14)28(2)19(30)12-32-22-26-20-18(21(31)27-22)11-25-29(20)17-5-3-4-15(23)10-17/h3-11,13H,12H2,1-2H3,(H,26,27,31)/t13-/m1/s1. The molecule has 1 N–H and O–H groups in total. The van der Waals surface area contributed by atoms with Crippen LogP contribution >= 0.6 is 23.4 Å². The number of aromatic amines is 1. The number of rotatable bonds is 6.